The van der Waals surface area contributed by atoms with Crippen molar-refractivity contribution in [3.63, 3.8) is 0 Å². The molecule has 1 aromatic heterocycles. The van der Waals surface area contributed by atoms with Crippen LogP contribution in [0.4, 0.5) is 0 Å². The second-order valence-corrected chi connectivity index (χ2v) is 4.31. The van der Waals surface area contributed by atoms with Crippen LogP contribution < -0.4 is 4.74 Å². The molecule has 0 N–H and O–H groups in total. The van der Waals surface area contributed by atoms with Crippen molar-refractivity contribution in [2.45, 2.75) is 6.61 Å². The molecule has 2 rings (SSSR count). The van der Waals surface area contributed by atoms with Crippen LogP contribution >= 0.6 is 34.7 Å². The Morgan fingerprint density at radius 1 is 1.20 bits per heavy atom. The second kappa shape index (κ2) is 4.79. The van der Waals surface area contributed by atoms with Crippen LogP contribution in [-0.4, -0.2) is 9.36 Å². The fraction of sp³-hybridized carbons (Fsp3) is 0.111. The number of aromatic nitrogens is 2. The van der Waals surface area contributed by atoms with Crippen LogP contribution in [-0.2, 0) is 6.61 Å². The Bertz CT molecular complexity index is 444. The summed E-state index contributed by atoms with van der Waals surface area (Å²) in [6.45, 7) is 0.367. The first kappa shape index (κ1) is 10.7. The van der Waals surface area contributed by atoms with Gasteiger partial charge in [0.15, 0.2) is 5.01 Å². The fourth-order valence-corrected chi connectivity index (χ4v) is 1.81. The van der Waals surface area contributed by atoms with Crippen LogP contribution in [0, 0.1) is 0 Å². The van der Waals surface area contributed by atoms with Gasteiger partial charge in [0, 0.05) is 5.02 Å². The van der Waals surface area contributed by atoms with E-state index < -0.39 is 0 Å². The van der Waals surface area contributed by atoms with E-state index in [0.29, 0.717) is 11.6 Å². The molecule has 0 fully saturated rings. The van der Waals surface area contributed by atoms with E-state index in [1.807, 2.05) is 0 Å². The molecule has 0 saturated carbocycles. The van der Waals surface area contributed by atoms with Gasteiger partial charge in [0.1, 0.15) is 12.4 Å². The molecule has 0 unspecified atom stereocenters. The molecule has 2 aromatic rings. The summed E-state index contributed by atoms with van der Waals surface area (Å²) in [7, 11) is 0. The highest BCUT2D eigenvalue weighted by molar-refractivity contribution is 7.05. The maximum absolute atomic E-state index is 5.74. The molecular weight excluding hydrogens is 255 g/mol. The zero-order valence-electron chi connectivity index (χ0n) is 7.48. The molecule has 0 amide bonds. The van der Waals surface area contributed by atoms with Gasteiger partial charge in [-0.25, -0.2) is 4.98 Å². The minimum atomic E-state index is 0.259. The van der Waals surface area contributed by atoms with Crippen LogP contribution in [0.15, 0.2) is 24.3 Å². The molecule has 15 heavy (non-hydrogen) atoms. The number of hydrogen-bond donors (Lipinski definition) is 0. The zero-order valence-corrected chi connectivity index (χ0v) is 9.81. The standard InChI is InChI=1S/C9H6Cl2N2OS/c10-6-1-3-7(4-2-6)14-5-8-12-9(11)13-15-8/h1-4H,5H2. The maximum atomic E-state index is 5.74. The quantitative estimate of drug-likeness (QED) is 0.849. The van der Waals surface area contributed by atoms with Crippen molar-refractivity contribution < 1.29 is 4.74 Å². The summed E-state index contributed by atoms with van der Waals surface area (Å²) in [4.78, 5) is 3.97. The molecule has 1 heterocycles. The van der Waals surface area contributed by atoms with E-state index in [1.54, 1.807) is 24.3 Å². The fourth-order valence-electron chi connectivity index (χ4n) is 0.969. The summed E-state index contributed by atoms with van der Waals surface area (Å²) in [5.41, 5.74) is 0. The molecule has 0 spiro atoms. The molecule has 0 aliphatic rings. The molecule has 0 saturated heterocycles. The highest BCUT2D eigenvalue weighted by atomic mass is 35.5. The molecule has 6 heteroatoms. The van der Waals surface area contributed by atoms with Crippen LogP contribution in [0.1, 0.15) is 5.01 Å². The normalized spacial score (nSPS) is 10.3. The Morgan fingerprint density at radius 2 is 1.93 bits per heavy atom. The van der Waals surface area contributed by atoms with Crippen LogP contribution in [0.3, 0.4) is 0 Å². The van der Waals surface area contributed by atoms with Gasteiger partial charge in [0.25, 0.3) is 0 Å². The lowest BCUT2D eigenvalue weighted by atomic mass is 10.3. The molecule has 0 aliphatic heterocycles. The van der Waals surface area contributed by atoms with Gasteiger partial charge in [-0.15, -0.1) is 0 Å². The third-order valence-electron chi connectivity index (χ3n) is 1.62. The van der Waals surface area contributed by atoms with Crippen molar-refractivity contribution in [1.82, 2.24) is 9.36 Å². The molecule has 0 aliphatic carbocycles. The van der Waals surface area contributed by atoms with Crippen LogP contribution in [0.25, 0.3) is 0 Å². The van der Waals surface area contributed by atoms with Crippen LogP contribution in [0.5, 0.6) is 5.75 Å². The Labute approximate surface area is 101 Å². The Hall–Kier alpha value is -0.840. The van der Waals surface area contributed by atoms with E-state index in [-0.39, 0.29) is 5.28 Å². The van der Waals surface area contributed by atoms with Crippen molar-refractivity contribution in [3.05, 3.63) is 39.6 Å². The average molecular weight is 261 g/mol. The second-order valence-electron chi connectivity index (χ2n) is 2.70. The van der Waals surface area contributed by atoms with Gasteiger partial charge in [-0.1, -0.05) is 11.6 Å². The van der Waals surface area contributed by atoms with E-state index in [2.05, 4.69) is 9.36 Å². The Balaban J connectivity index is 1.96. The minimum absolute atomic E-state index is 0.259. The summed E-state index contributed by atoms with van der Waals surface area (Å²) in [6.07, 6.45) is 0. The van der Waals surface area contributed by atoms with Gasteiger partial charge in [-0.05, 0) is 47.4 Å². The third kappa shape index (κ3) is 3.06. The van der Waals surface area contributed by atoms with Crippen molar-refractivity contribution in [3.8, 4) is 5.75 Å². The smallest absolute Gasteiger partial charge is 0.234 e. The molecule has 3 nitrogen and oxygen atoms in total. The topological polar surface area (TPSA) is 35.0 Å². The lowest BCUT2D eigenvalue weighted by Gasteiger charge is -2.02. The highest BCUT2D eigenvalue weighted by Crippen LogP contribution is 2.17. The number of benzene rings is 1. The average Bonchev–Trinajstić information content (AvgIpc) is 2.64. The number of nitrogens with zero attached hydrogens (tertiary/aromatic N) is 2. The predicted molar refractivity (Wildman–Crippen MR) is 60.7 cm³/mol. The first-order chi connectivity index (χ1) is 7.24. The first-order valence-corrected chi connectivity index (χ1v) is 5.63. The molecule has 78 valence electrons. The van der Waals surface area contributed by atoms with Gasteiger partial charge >= 0.3 is 0 Å². The van der Waals surface area contributed by atoms with E-state index in [9.17, 15) is 0 Å². The molecule has 1 aromatic carbocycles. The first-order valence-electron chi connectivity index (χ1n) is 4.10. The van der Waals surface area contributed by atoms with Gasteiger partial charge in [-0.3, -0.25) is 0 Å². The summed E-state index contributed by atoms with van der Waals surface area (Å²) < 4.78 is 9.29. The summed E-state index contributed by atoms with van der Waals surface area (Å²) in [6, 6.07) is 7.13. The number of ether oxygens (including phenoxy) is 1. The largest absolute Gasteiger partial charge is 0.486 e. The lowest BCUT2D eigenvalue weighted by molar-refractivity contribution is 0.305. The van der Waals surface area contributed by atoms with Crippen molar-refractivity contribution in [2.75, 3.05) is 0 Å². The van der Waals surface area contributed by atoms with E-state index in [0.717, 1.165) is 10.8 Å². The maximum Gasteiger partial charge on any atom is 0.234 e. The van der Waals surface area contributed by atoms with Gasteiger partial charge in [-0.2, -0.15) is 4.37 Å². The van der Waals surface area contributed by atoms with E-state index >= 15 is 0 Å². The van der Waals surface area contributed by atoms with Gasteiger partial charge in [0.2, 0.25) is 5.28 Å². The number of hydrogen-bond acceptors (Lipinski definition) is 4. The van der Waals surface area contributed by atoms with Crippen molar-refractivity contribution >= 4 is 34.7 Å². The summed E-state index contributed by atoms with van der Waals surface area (Å²) in [5, 5.41) is 1.69. The van der Waals surface area contributed by atoms with Crippen LogP contribution in [0.2, 0.25) is 10.3 Å². The van der Waals surface area contributed by atoms with Gasteiger partial charge in [0.05, 0.1) is 0 Å². The van der Waals surface area contributed by atoms with E-state index in [4.69, 9.17) is 27.9 Å². The minimum Gasteiger partial charge on any atom is -0.486 e. The van der Waals surface area contributed by atoms with Crippen molar-refractivity contribution in [1.29, 1.82) is 0 Å². The third-order valence-corrected chi connectivity index (χ3v) is 2.82. The SMILES string of the molecule is Clc1ccc(OCc2nc(Cl)ns2)cc1. The number of rotatable bonds is 3. The molecule has 0 radical (unpaired) electrons. The van der Waals surface area contributed by atoms with E-state index in [1.165, 1.54) is 11.5 Å². The lowest BCUT2D eigenvalue weighted by Crippen LogP contribution is -1.93. The monoisotopic (exact) mass is 260 g/mol. The summed E-state index contributed by atoms with van der Waals surface area (Å²) in [5.74, 6) is 0.741. The molecule has 0 bridgehead atoms. The predicted octanol–water partition coefficient (Wildman–Crippen LogP) is 3.42. The number of halogens is 2. The zero-order chi connectivity index (χ0) is 10.7. The highest BCUT2D eigenvalue weighted by Gasteiger charge is 2.02. The van der Waals surface area contributed by atoms with Crippen molar-refractivity contribution in [2.24, 2.45) is 0 Å². The summed E-state index contributed by atoms with van der Waals surface area (Å²) >= 11 is 12.5. The molecular formula is C9H6Cl2N2OS. The Morgan fingerprint density at radius 3 is 2.53 bits per heavy atom. The Kier molecular flexibility index (Phi) is 3.41. The van der Waals surface area contributed by atoms with Gasteiger partial charge < -0.3 is 4.74 Å². The molecule has 0 atom stereocenters.